The van der Waals surface area contributed by atoms with E-state index in [4.69, 9.17) is 10.5 Å². The molecule has 4 atom stereocenters. The van der Waals surface area contributed by atoms with E-state index in [0.717, 1.165) is 6.07 Å². The lowest BCUT2D eigenvalue weighted by Crippen LogP contribution is -2.52. The maximum absolute atomic E-state index is 14.1. The highest BCUT2D eigenvalue weighted by Gasteiger charge is 2.47. The van der Waals surface area contributed by atoms with Crippen LogP contribution in [0, 0.1) is 23.4 Å². The molecule has 1 aromatic carbocycles. The molecule has 3 saturated heterocycles. The molecule has 0 aromatic heterocycles. The van der Waals surface area contributed by atoms with Crippen LogP contribution in [0.15, 0.2) is 12.1 Å². The van der Waals surface area contributed by atoms with E-state index in [1.165, 1.54) is 8.61 Å². The number of nitrogens with zero attached hydrogens (tertiary/aromatic N) is 2. The van der Waals surface area contributed by atoms with E-state index in [1.54, 1.807) is 0 Å². The minimum absolute atomic E-state index is 0.00801. The molecule has 3 fully saturated rings. The Morgan fingerprint density at radius 2 is 1.60 bits per heavy atom. The van der Waals surface area contributed by atoms with Crippen molar-refractivity contribution in [2.24, 2.45) is 11.7 Å². The molecule has 3 aliphatic heterocycles. The summed E-state index contributed by atoms with van der Waals surface area (Å²) >= 11 is 0. The van der Waals surface area contributed by atoms with Crippen LogP contribution in [0.5, 0.6) is 0 Å². The first-order valence-electron chi connectivity index (χ1n) is 11.7. The number of piperidine rings is 1. The van der Waals surface area contributed by atoms with Gasteiger partial charge in [-0.1, -0.05) is 0 Å². The highest BCUT2D eigenvalue weighted by atomic mass is 32.2. The molecule has 0 radical (unpaired) electrons. The van der Waals surface area contributed by atoms with Crippen LogP contribution in [-0.4, -0.2) is 82.2 Å². The Kier molecular flexibility index (Phi) is 8.10. The molecule has 1 aromatic rings. The van der Waals surface area contributed by atoms with Crippen molar-refractivity contribution >= 4 is 20.2 Å². The Bertz CT molecular complexity index is 1120. The van der Waals surface area contributed by atoms with Gasteiger partial charge >= 0.3 is 0 Å². The minimum Gasteiger partial charge on any atom is -0.379 e. The summed E-state index contributed by atoms with van der Waals surface area (Å²) in [7, 11) is -7.51. The van der Waals surface area contributed by atoms with Gasteiger partial charge in [-0.2, -0.15) is 17.0 Å². The predicted molar refractivity (Wildman–Crippen MR) is 122 cm³/mol. The third-order valence-electron chi connectivity index (χ3n) is 7.13. The van der Waals surface area contributed by atoms with Gasteiger partial charge in [0.15, 0.2) is 11.6 Å². The number of rotatable bonds is 9. The summed E-state index contributed by atoms with van der Waals surface area (Å²) < 4.78 is 102. The van der Waals surface area contributed by atoms with Gasteiger partial charge in [0.25, 0.3) is 10.2 Å². The van der Waals surface area contributed by atoms with Gasteiger partial charge in [0.1, 0.15) is 5.82 Å². The number of morpholine rings is 1. The third-order valence-corrected chi connectivity index (χ3v) is 10.7. The summed E-state index contributed by atoms with van der Waals surface area (Å²) in [5, 5.41) is 0. The number of nitrogens with one attached hydrogen (secondary N) is 1. The van der Waals surface area contributed by atoms with E-state index in [0.29, 0.717) is 45.0 Å². The van der Waals surface area contributed by atoms with Crippen molar-refractivity contribution < 1.29 is 34.7 Å². The van der Waals surface area contributed by atoms with Crippen molar-refractivity contribution in [1.29, 1.82) is 0 Å². The number of fused-ring (bicyclic) bond motifs is 2. The molecule has 0 amide bonds. The summed E-state index contributed by atoms with van der Waals surface area (Å²) in [4.78, 5) is 0. The molecular weight excluding hydrogens is 509 g/mol. The zero-order valence-electron chi connectivity index (χ0n) is 19.2. The molecule has 2 bridgehead atoms. The predicted octanol–water partition coefficient (Wildman–Crippen LogP) is 0.713. The van der Waals surface area contributed by atoms with Gasteiger partial charge in [-0.05, 0) is 49.7 Å². The van der Waals surface area contributed by atoms with E-state index in [-0.39, 0.29) is 55.4 Å². The number of benzene rings is 1. The number of sulfonamides is 1. The van der Waals surface area contributed by atoms with Crippen LogP contribution in [0.25, 0.3) is 0 Å². The standard InChI is InChI=1S/C21H31F3N4O5S2/c22-18-13-20(24)19(23)11-14(18)12-21(25)15-9-16-1-2-17(10-15)28(16)34(29,30)8-3-26-35(31,32)27-4-6-33-7-5-27/h11,13,15-17,21,26H,1-10,12,25H2/t15?,16-,17+,21-/m1/s1. The lowest BCUT2D eigenvalue weighted by atomic mass is 9.83. The summed E-state index contributed by atoms with van der Waals surface area (Å²) in [5.74, 6) is -3.73. The van der Waals surface area contributed by atoms with Crippen LogP contribution in [0.1, 0.15) is 31.2 Å². The van der Waals surface area contributed by atoms with Crippen molar-refractivity contribution in [1.82, 2.24) is 13.3 Å². The third kappa shape index (κ3) is 6.00. The van der Waals surface area contributed by atoms with Crippen molar-refractivity contribution in [2.45, 2.75) is 50.2 Å². The zero-order valence-corrected chi connectivity index (χ0v) is 20.8. The molecular formula is C21H31F3N4O5S2. The van der Waals surface area contributed by atoms with Crippen molar-refractivity contribution in [2.75, 3.05) is 38.6 Å². The van der Waals surface area contributed by atoms with Gasteiger partial charge in [0.2, 0.25) is 10.0 Å². The SMILES string of the molecule is N[C@H](Cc1cc(F)c(F)cc1F)C1C[C@H]2CC[C@@H](C1)N2S(=O)(=O)CCNS(=O)(=O)N1CCOCC1. The number of ether oxygens (including phenoxy) is 1. The normalized spacial score (nSPS) is 27.3. The summed E-state index contributed by atoms with van der Waals surface area (Å²) in [6.07, 6.45) is 2.28. The van der Waals surface area contributed by atoms with Crippen molar-refractivity contribution in [3.05, 3.63) is 35.1 Å². The summed E-state index contributed by atoms with van der Waals surface area (Å²) in [6.45, 7) is 0.782. The fourth-order valence-corrected chi connectivity index (χ4v) is 8.57. The Morgan fingerprint density at radius 1 is 1.00 bits per heavy atom. The van der Waals surface area contributed by atoms with Gasteiger partial charge in [-0.25, -0.2) is 26.3 Å². The maximum atomic E-state index is 14.1. The topological polar surface area (TPSA) is 122 Å². The molecule has 0 aliphatic carbocycles. The largest absolute Gasteiger partial charge is 0.379 e. The lowest BCUT2D eigenvalue weighted by Gasteiger charge is -2.40. The Balaban J connectivity index is 1.34. The minimum atomic E-state index is -3.78. The average Bonchev–Trinajstić information content (AvgIpc) is 3.09. The molecule has 14 heteroatoms. The van der Waals surface area contributed by atoms with Crippen molar-refractivity contribution in [3.63, 3.8) is 0 Å². The molecule has 35 heavy (non-hydrogen) atoms. The van der Waals surface area contributed by atoms with E-state index in [9.17, 15) is 30.0 Å². The van der Waals surface area contributed by atoms with E-state index in [1.807, 2.05) is 0 Å². The van der Waals surface area contributed by atoms with E-state index in [2.05, 4.69) is 4.72 Å². The van der Waals surface area contributed by atoms with Gasteiger partial charge in [0, 0.05) is 43.8 Å². The Labute approximate surface area is 204 Å². The number of halogens is 3. The second-order valence-electron chi connectivity index (χ2n) is 9.40. The Hall–Kier alpha value is -1.29. The molecule has 0 spiro atoms. The van der Waals surface area contributed by atoms with Crippen LogP contribution in [0.3, 0.4) is 0 Å². The fraction of sp³-hybridized carbons (Fsp3) is 0.714. The second kappa shape index (κ2) is 10.6. The average molecular weight is 541 g/mol. The molecule has 1 unspecified atom stereocenters. The number of hydrogen-bond donors (Lipinski definition) is 2. The van der Waals surface area contributed by atoms with Gasteiger partial charge in [-0.3, -0.25) is 0 Å². The highest BCUT2D eigenvalue weighted by Crippen LogP contribution is 2.42. The number of hydrogen-bond acceptors (Lipinski definition) is 6. The molecule has 3 aliphatic rings. The van der Waals surface area contributed by atoms with Crippen LogP contribution in [0.2, 0.25) is 0 Å². The van der Waals surface area contributed by atoms with Crippen LogP contribution in [-0.2, 0) is 31.4 Å². The summed E-state index contributed by atoms with van der Waals surface area (Å²) in [5.41, 5.74) is 6.29. The molecule has 4 rings (SSSR count). The summed E-state index contributed by atoms with van der Waals surface area (Å²) in [6, 6.07) is 0.226. The van der Waals surface area contributed by atoms with Crippen LogP contribution in [0.4, 0.5) is 13.2 Å². The molecule has 3 heterocycles. The van der Waals surface area contributed by atoms with E-state index >= 15 is 0 Å². The smallest absolute Gasteiger partial charge is 0.279 e. The first-order valence-corrected chi connectivity index (χ1v) is 14.8. The van der Waals surface area contributed by atoms with Crippen LogP contribution >= 0.6 is 0 Å². The quantitative estimate of drug-likeness (QED) is 0.445. The van der Waals surface area contributed by atoms with Crippen LogP contribution < -0.4 is 10.5 Å². The second-order valence-corrected chi connectivity index (χ2v) is 13.1. The van der Waals surface area contributed by atoms with Gasteiger partial charge in [0.05, 0.1) is 19.0 Å². The monoisotopic (exact) mass is 540 g/mol. The molecule has 198 valence electrons. The maximum Gasteiger partial charge on any atom is 0.279 e. The fourth-order valence-electron chi connectivity index (χ4n) is 5.40. The molecule has 3 N–H and O–H groups in total. The van der Waals surface area contributed by atoms with E-state index < -0.39 is 43.7 Å². The highest BCUT2D eigenvalue weighted by molar-refractivity contribution is 7.89. The Morgan fingerprint density at radius 3 is 2.23 bits per heavy atom. The molecule has 9 nitrogen and oxygen atoms in total. The lowest BCUT2D eigenvalue weighted by molar-refractivity contribution is 0.0725. The van der Waals surface area contributed by atoms with Crippen molar-refractivity contribution in [3.8, 4) is 0 Å². The van der Waals surface area contributed by atoms with Gasteiger partial charge in [-0.15, -0.1) is 0 Å². The first kappa shape index (κ1) is 26.8. The zero-order chi connectivity index (χ0) is 25.4. The first-order chi connectivity index (χ1) is 16.5. The molecule has 0 saturated carbocycles. The van der Waals surface area contributed by atoms with Gasteiger partial charge < -0.3 is 10.5 Å². The number of nitrogens with two attached hydrogens (primary N) is 1.